The number of H-pyrrole nitrogens is 1. The predicted octanol–water partition coefficient (Wildman–Crippen LogP) is 2.65. The van der Waals surface area contributed by atoms with Crippen LogP contribution in [-0.4, -0.2) is 24.3 Å². The minimum Gasteiger partial charge on any atom is -0.338 e. The normalized spacial score (nSPS) is 11.0. The van der Waals surface area contributed by atoms with Crippen molar-refractivity contribution >= 4 is 23.6 Å². The van der Waals surface area contributed by atoms with Gasteiger partial charge in [-0.3, -0.25) is 9.67 Å². The number of aryl methyl sites for hydroxylation is 2. The number of thiophene rings is 1. The van der Waals surface area contributed by atoms with Gasteiger partial charge in [-0.25, -0.2) is 4.98 Å². The van der Waals surface area contributed by atoms with Crippen LogP contribution >= 0.6 is 23.6 Å². The lowest BCUT2D eigenvalue weighted by molar-refractivity contribution is 0.648. The van der Waals surface area contributed by atoms with Crippen LogP contribution < -0.4 is 0 Å². The van der Waals surface area contributed by atoms with Crippen molar-refractivity contribution in [3.63, 3.8) is 0 Å². The summed E-state index contributed by atoms with van der Waals surface area (Å²) in [6.45, 7) is 0.771. The van der Waals surface area contributed by atoms with Gasteiger partial charge in [0, 0.05) is 32.4 Å². The van der Waals surface area contributed by atoms with Gasteiger partial charge in [-0.1, -0.05) is 6.07 Å². The Balaban J connectivity index is 1.87. The minimum atomic E-state index is 0.651. The van der Waals surface area contributed by atoms with Crippen molar-refractivity contribution in [1.82, 2.24) is 24.3 Å². The van der Waals surface area contributed by atoms with Crippen LogP contribution in [0.15, 0.2) is 29.9 Å². The van der Waals surface area contributed by atoms with E-state index in [1.807, 2.05) is 46.1 Å². The maximum Gasteiger partial charge on any atom is 0.195 e. The Kier molecular flexibility index (Phi) is 3.31. The molecule has 0 fully saturated rings. The van der Waals surface area contributed by atoms with E-state index in [4.69, 9.17) is 12.2 Å². The largest absolute Gasteiger partial charge is 0.338 e. The summed E-state index contributed by atoms with van der Waals surface area (Å²) in [5.74, 6) is 1.94. The van der Waals surface area contributed by atoms with Crippen LogP contribution in [0.2, 0.25) is 0 Å². The summed E-state index contributed by atoms with van der Waals surface area (Å²) < 4.78 is 4.70. The van der Waals surface area contributed by atoms with E-state index in [0.717, 1.165) is 29.5 Å². The Bertz CT molecular complexity index is 719. The smallest absolute Gasteiger partial charge is 0.195 e. The van der Waals surface area contributed by atoms with Gasteiger partial charge in [0.1, 0.15) is 5.82 Å². The third kappa shape index (κ3) is 2.39. The lowest BCUT2D eigenvalue weighted by atomic mass is 10.3. The molecule has 0 spiro atoms. The molecule has 0 amide bonds. The van der Waals surface area contributed by atoms with Crippen LogP contribution in [0.3, 0.4) is 0 Å². The fraction of sp³-hybridized carbons (Fsp3) is 0.250. The van der Waals surface area contributed by atoms with Crippen LogP contribution in [0.25, 0.3) is 10.7 Å². The number of rotatable bonds is 4. The van der Waals surface area contributed by atoms with Crippen molar-refractivity contribution in [2.75, 3.05) is 0 Å². The summed E-state index contributed by atoms with van der Waals surface area (Å²) in [4.78, 5) is 5.44. The quantitative estimate of drug-likeness (QED) is 0.752. The summed E-state index contributed by atoms with van der Waals surface area (Å²) in [5, 5.41) is 9.21. The molecule has 3 heterocycles. The summed E-state index contributed by atoms with van der Waals surface area (Å²) >= 11 is 6.96. The topological polar surface area (TPSA) is 51.4 Å². The highest BCUT2D eigenvalue weighted by atomic mass is 32.1. The van der Waals surface area contributed by atoms with Gasteiger partial charge in [0.2, 0.25) is 0 Å². The molecule has 7 heteroatoms. The van der Waals surface area contributed by atoms with Crippen LogP contribution in [-0.2, 0) is 20.0 Å². The first-order valence-corrected chi connectivity index (χ1v) is 7.20. The predicted molar refractivity (Wildman–Crippen MR) is 77.6 cm³/mol. The molecule has 0 aliphatic carbocycles. The molecule has 19 heavy (non-hydrogen) atoms. The molecular weight excluding hydrogens is 278 g/mol. The molecule has 3 aromatic heterocycles. The lowest BCUT2D eigenvalue weighted by Gasteiger charge is -2.05. The Hall–Kier alpha value is -1.73. The number of nitrogens with zero attached hydrogens (tertiary/aromatic N) is 4. The van der Waals surface area contributed by atoms with Gasteiger partial charge in [0.15, 0.2) is 10.6 Å². The highest BCUT2D eigenvalue weighted by Crippen LogP contribution is 2.22. The zero-order valence-electron chi connectivity index (χ0n) is 10.4. The van der Waals surface area contributed by atoms with Crippen molar-refractivity contribution in [3.8, 4) is 10.7 Å². The number of hydrogen-bond donors (Lipinski definition) is 1. The van der Waals surface area contributed by atoms with Gasteiger partial charge >= 0.3 is 0 Å². The van der Waals surface area contributed by atoms with Gasteiger partial charge in [0.25, 0.3) is 0 Å². The number of nitrogens with one attached hydrogen (secondary N) is 1. The zero-order valence-corrected chi connectivity index (χ0v) is 12.0. The average Bonchev–Trinajstić information content (AvgIpc) is 3.09. The van der Waals surface area contributed by atoms with E-state index >= 15 is 0 Å². The van der Waals surface area contributed by atoms with Crippen molar-refractivity contribution in [3.05, 3.63) is 40.5 Å². The molecule has 0 aromatic carbocycles. The molecule has 0 unspecified atom stereocenters. The second-order valence-corrected chi connectivity index (χ2v) is 5.52. The summed E-state index contributed by atoms with van der Waals surface area (Å²) in [5.41, 5.74) is 0. The van der Waals surface area contributed by atoms with E-state index < -0.39 is 0 Å². The molecule has 0 aliphatic rings. The number of imidazole rings is 1. The average molecular weight is 291 g/mol. The standard InChI is InChI=1S/C12H13N5S2/c1-16-7-5-13-10(16)4-6-17-11(14-15-12(17)18)9-3-2-8-19-9/h2-3,5,7-8H,4,6H2,1H3,(H,15,18). The molecule has 0 saturated carbocycles. The van der Waals surface area contributed by atoms with E-state index in [0.29, 0.717) is 4.77 Å². The summed E-state index contributed by atoms with van der Waals surface area (Å²) in [6, 6.07) is 4.06. The Morgan fingerprint density at radius 1 is 1.47 bits per heavy atom. The second-order valence-electron chi connectivity index (χ2n) is 4.19. The van der Waals surface area contributed by atoms with Crippen LogP contribution in [0.1, 0.15) is 5.82 Å². The Morgan fingerprint density at radius 3 is 3.05 bits per heavy atom. The molecule has 5 nitrogen and oxygen atoms in total. The highest BCUT2D eigenvalue weighted by molar-refractivity contribution is 7.71. The Morgan fingerprint density at radius 2 is 2.37 bits per heavy atom. The highest BCUT2D eigenvalue weighted by Gasteiger charge is 2.10. The van der Waals surface area contributed by atoms with Crippen molar-refractivity contribution in [2.45, 2.75) is 13.0 Å². The van der Waals surface area contributed by atoms with E-state index in [-0.39, 0.29) is 0 Å². The minimum absolute atomic E-state index is 0.651. The van der Waals surface area contributed by atoms with Crippen molar-refractivity contribution in [1.29, 1.82) is 0 Å². The molecular formula is C12H13N5S2. The number of aromatic amines is 1. The molecule has 0 aliphatic heterocycles. The molecule has 3 aromatic rings. The first kappa shape index (κ1) is 12.3. The van der Waals surface area contributed by atoms with E-state index in [9.17, 15) is 0 Å². The van der Waals surface area contributed by atoms with Crippen LogP contribution in [0.5, 0.6) is 0 Å². The van der Waals surface area contributed by atoms with Crippen LogP contribution in [0.4, 0.5) is 0 Å². The molecule has 0 saturated heterocycles. The zero-order chi connectivity index (χ0) is 13.2. The summed E-state index contributed by atoms with van der Waals surface area (Å²) in [7, 11) is 2.00. The van der Waals surface area contributed by atoms with Gasteiger partial charge in [-0.15, -0.1) is 11.3 Å². The molecule has 0 atom stereocenters. The maximum atomic E-state index is 5.30. The van der Waals surface area contributed by atoms with Gasteiger partial charge in [-0.05, 0) is 23.7 Å². The van der Waals surface area contributed by atoms with Crippen molar-refractivity contribution < 1.29 is 0 Å². The fourth-order valence-electron chi connectivity index (χ4n) is 1.97. The Labute approximate surface area is 119 Å². The van der Waals surface area contributed by atoms with Crippen LogP contribution in [0, 0.1) is 4.77 Å². The monoisotopic (exact) mass is 291 g/mol. The van der Waals surface area contributed by atoms with Crippen molar-refractivity contribution in [2.24, 2.45) is 7.05 Å². The lowest BCUT2D eigenvalue weighted by Crippen LogP contribution is -2.07. The SMILES string of the molecule is Cn1ccnc1CCn1c(-c2cccs2)n[nH]c1=S. The van der Waals surface area contributed by atoms with E-state index in [2.05, 4.69) is 15.2 Å². The molecule has 1 N–H and O–H groups in total. The first-order valence-electron chi connectivity index (χ1n) is 5.91. The van der Waals surface area contributed by atoms with E-state index in [1.54, 1.807) is 11.3 Å². The first-order chi connectivity index (χ1) is 9.25. The third-order valence-corrected chi connectivity index (χ3v) is 4.16. The third-order valence-electron chi connectivity index (χ3n) is 2.98. The second kappa shape index (κ2) is 5.10. The molecule has 3 rings (SSSR count). The van der Waals surface area contributed by atoms with Gasteiger partial charge in [0.05, 0.1) is 4.88 Å². The maximum absolute atomic E-state index is 5.30. The molecule has 0 bridgehead atoms. The van der Waals surface area contributed by atoms with E-state index in [1.165, 1.54) is 0 Å². The molecule has 0 radical (unpaired) electrons. The van der Waals surface area contributed by atoms with Gasteiger partial charge in [-0.2, -0.15) is 5.10 Å². The number of hydrogen-bond acceptors (Lipinski definition) is 4. The summed E-state index contributed by atoms with van der Waals surface area (Å²) in [6.07, 6.45) is 4.59. The molecule has 98 valence electrons. The van der Waals surface area contributed by atoms with Gasteiger partial charge < -0.3 is 4.57 Å². The fourth-order valence-corrected chi connectivity index (χ4v) is 2.91. The number of aromatic nitrogens is 5.